The van der Waals surface area contributed by atoms with E-state index in [0.717, 1.165) is 5.39 Å². The first-order chi connectivity index (χ1) is 7.89. The SMILES string of the molecule is CC(C)Cc1cc2ccccc2[s+]1C(F)(F)F.[I-]. The lowest BCUT2D eigenvalue weighted by molar-refractivity contribution is -0.0867. The van der Waals surface area contributed by atoms with E-state index in [0.29, 0.717) is 16.0 Å². The van der Waals surface area contributed by atoms with Crippen LogP contribution in [-0.2, 0) is 11.9 Å². The molecule has 18 heavy (non-hydrogen) atoms. The fourth-order valence-electron chi connectivity index (χ4n) is 1.98. The molecule has 5 heteroatoms. The number of alkyl halides is 3. The molecule has 0 radical (unpaired) electrons. The third kappa shape index (κ3) is 3.17. The van der Waals surface area contributed by atoms with Crippen molar-refractivity contribution in [1.29, 1.82) is 0 Å². The molecule has 0 fully saturated rings. The lowest BCUT2D eigenvalue weighted by atomic mass is 10.1. The van der Waals surface area contributed by atoms with E-state index in [9.17, 15) is 13.2 Å². The molecular weight excluding hydrogens is 372 g/mol. The molecule has 0 N–H and O–H groups in total. The van der Waals surface area contributed by atoms with Crippen LogP contribution in [0.4, 0.5) is 13.2 Å². The number of fused-ring (bicyclic) bond motifs is 1. The molecule has 1 heterocycles. The zero-order chi connectivity index (χ0) is 12.6. The van der Waals surface area contributed by atoms with Gasteiger partial charge in [0.05, 0.1) is 10.5 Å². The maximum atomic E-state index is 13.1. The minimum Gasteiger partial charge on any atom is -1.00 e. The van der Waals surface area contributed by atoms with Crippen molar-refractivity contribution in [2.75, 3.05) is 0 Å². The van der Waals surface area contributed by atoms with Gasteiger partial charge in [0.1, 0.15) is 0 Å². The van der Waals surface area contributed by atoms with Crippen molar-refractivity contribution >= 4 is 20.6 Å². The number of halogens is 4. The molecule has 2 aromatic rings. The van der Waals surface area contributed by atoms with Gasteiger partial charge in [-0.25, -0.2) is 0 Å². The first-order valence-electron chi connectivity index (χ1n) is 5.50. The van der Waals surface area contributed by atoms with Crippen LogP contribution in [0, 0.1) is 5.92 Å². The van der Waals surface area contributed by atoms with Gasteiger partial charge in [0.25, 0.3) is 0 Å². The zero-order valence-electron chi connectivity index (χ0n) is 10.1. The van der Waals surface area contributed by atoms with Crippen molar-refractivity contribution in [2.24, 2.45) is 5.92 Å². The summed E-state index contributed by atoms with van der Waals surface area (Å²) in [6.07, 6.45) is 0.511. The molecule has 1 aromatic carbocycles. The standard InChI is InChI=1S/C13H14F3S.HI/c1-9(2)7-11-8-10-5-3-4-6-12(10)17(11)13(14,15)16;/h3-6,8-9H,7H2,1-2H3;1H/q+1;/p-1. The third-order valence-electron chi connectivity index (χ3n) is 2.56. The van der Waals surface area contributed by atoms with E-state index in [1.54, 1.807) is 30.3 Å². The Morgan fingerprint density at radius 3 is 2.33 bits per heavy atom. The predicted molar refractivity (Wildman–Crippen MR) is 66.3 cm³/mol. The van der Waals surface area contributed by atoms with Crippen LogP contribution < -0.4 is 24.0 Å². The summed E-state index contributed by atoms with van der Waals surface area (Å²) >= 11 is 0. The maximum absolute atomic E-state index is 13.1. The largest absolute Gasteiger partial charge is 1.00 e. The second kappa shape index (κ2) is 5.77. The normalized spacial score (nSPS) is 12.9. The van der Waals surface area contributed by atoms with Crippen molar-refractivity contribution in [1.82, 2.24) is 0 Å². The van der Waals surface area contributed by atoms with Crippen molar-refractivity contribution in [3.8, 4) is 0 Å². The van der Waals surface area contributed by atoms with E-state index in [4.69, 9.17) is 0 Å². The topological polar surface area (TPSA) is 0 Å². The summed E-state index contributed by atoms with van der Waals surface area (Å²) in [5.74, 6) is 0.243. The Kier molecular flexibility index (Phi) is 5.05. The highest BCUT2D eigenvalue weighted by Crippen LogP contribution is 2.51. The molecule has 0 bridgehead atoms. The highest BCUT2D eigenvalue weighted by molar-refractivity contribution is 7.38. The lowest BCUT2D eigenvalue weighted by Gasteiger charge is -2.02. The van der Waals surface area contributed by atoms with Crippen molar-refractivity contribution in [3.63, 3.8) is 0 Å². The molecule has 1 atom stereocenters. The maximum Gasteiger partial charge on any atom is 0.600 e. The Hall–Kier alpha value is -0.300. The third-order valence-corrected chi connectivity index (χ3v) is 4.64. The summed E-state index contributed by atoms with van der Waals surface area (Å²) in [7, 11) is -1.72. The van der Waals surface area contributed by atoms with Gasteiger partial charge in [0.15, 0.2) is 9.58 Å². The first-order valence-corrected chi connectivity index (χ1v) is 6.73. The average Bonchev–Trinajstić information content (AvgIpc) is 2.53. The van der Waals surface area contributed by atoms with E-state index in [1.165, 1.54) is 0 Å². The predicted octanol–water partition coefficient (Wildman–Crippen LogP) is 2.27. The summed E-state index contributed by atoms with van der Waals surface area (Å²) in [4.78, 5) is 0.522. The van der Waals surface area contributed by atoms with Gasteiger partial charge in [0, 0.05) is 17.9 Å². The van der Waals surface area contributed by atoms with Gasteiger partial charge in [-0.1, -0.05) is 26.0 Å². The van der Waals surface area contributed by atoms with Crippen molar-refractivity contribution in [3.05, 3.63) is 35.2 Å². The summed E-state index contributed by atoms with van der Waals surface area (Å²) < 4.78 is 39.8. The van der Waals surface area contributed by atoms with Gasteiger partial charge < -0.3 is 24.0 Å². The minimum atomic E-state index is -4.16. The fraction of sp³-hybridized carbons (Fsp3) is 0.385. The first kappa shape index (κ1) is 15.8. The summed E-state index contributed by atoms with van der Waals surface area (Å²) in [5.41, 5.74) is -4.16. The van der Waals surface area contributed by atoms with Crippen LogP contribution in [0.2, 0.25) is 0 Å². The van der Waals surface area contributed by atoms with Crippen molar-refractivity contribution in [2.45, 2.75) is 25.8 Å². The smallest absolute Gasteiger partial charge is 0.600 e. The number of hydrogen-bond donors (Lipinski definition) is 0. The molecular formula is C13H14F3IS. The molecule has 1 unspecified atom stereocenters. The highest BCUT2D eigenvalue weighted by atomic mass is 127. The van der Waals surface area contributed by atoms with E-state index in [-0.39, 0.29) is 29.9 Å². The molecule has 0 aliphatic rings. The second-order valence-corrected chi connectivity index (χ2v) is 6.54. The molecule has 0 aliphatic heterocycles. The van der Waals surface area contributed by atoms with E-state index >= 15 is 0 Å². The molecule has 0 saturated carbocycles. The Morgan fingerprint density at radius 1 is 1.17 bits per heavy atom. The van der Waals surface area contributed by atoms with Gasteiger partial charge in [0.2, 0.25) is 0 Å². The van der Waals surface area contributed by atoms with Crippen LogP contribution in [0.5, 0.6) is 0 Å². The van der Waals surface area contributed by atoms with E-state index < -0.39 is 16.0 Å². The Bertz CT molecular complexity index is 529. The summed E-state index contributed by atoms with van der Waals surface area (Å²) in [5, 5.41) is 0.726. The lowest BCUT2D eigenvalue weighted by Crippen LogP contribution is -3.00. The number of thiophene rings is 1. The zero-order valence-corrected chi connectivity index (χ0v) is 13.1. The van der Waals surface area contributed by atoms with Crippen LogP contribution >= 0.6 is 10.5 Å². The number of rotatable bonds is 2. The average molecular weight is 386 g/mol. The van der Waals surface area contributed by atoms with Crippen LogP contribution in [0.25, 0.3) is 10.1 Å². The Morgan fingerprint density at radius 2 is 1.78 bits per heavy atom. The second-order valence-electron chi connectivity index (χ2n) is 4.50. The molecule has 100 valence electrons. The fourth-order valence-corrected chi connectivity index (χ4v) is 4.13. The summed E-state index contributed by atoms with van der Waals surface area (Å²) in [6.45, 7) is 3.89. The molecule has 2 rings (SSSR count). The van der Waals surface area contributed by atoms with Gasteiger partial charge in [-0.3, -0.25) is 0 Å². The quantitative estimate of drug-likeness (QED) is 0.549. The monoisotopic (exact) mass is 386 g/mol. The molecule has 0 saturated heterocycles. The molecule has 0 nitrogen and oxygen atoms in total. The summed E-state index contributed by atoms with van der Waals surface area (Å²) in [6, 6.07) is 8.53. The molecule has 0 spiro atoms. The molecule has 0 aliphatic carbocycles. The number of benzene rings is 1. The molecule has 1 aromatic heterocycles. The Labute approximate surface area is 124 Å². The minimum absolute atomic E-state index is 0. The Balaban J connectivity index is 0.00000162. The van der Waals surface area contributed by atoms with Crippen LogP contribution in [0.1, 0.15) is 18.7 Å². The van der Waals surface area contributed by atoms with Crippen LogP contribution in [0.3, 0.4) is 0 Å². The van der Waals surface area contributed by atoms with Crippen LogP contribution in [0.15, 0.2) is 30.3 Å². The van der Waals surface area contributed by atoms with Gasteiger partial charge in [-0.2, -0.15) is 0 Å². The van der Waals surface area contributed by atoms with Crippen molar-refractivity contribution < 1.29 is 37.1 Å². The van der Waals surface area contributed by atoms with E-state index in [1.807, 2.05) is 13.8 Å². The van der Waals surface area contributed by atoms with Gasteiger partial charge >= 0.3 is 5.51 Å². The highest BCUT2D eigenvalue weighted by Gasteiger charge is 2.47. The number of hydrogen-bond acceptors (Lipinski definition) is 0. The van der Waals surface area contributed by atoms with Gasteiger partial charge in [-0.05, 0) is 18.1 Å². The van der Waals surface area contributed by atoms with Gasteiger partial charge in [-0.15, -0.1) is 13.2 Å². The van der Waals surface area contributed by atoms with E-state index in [2.05, 4.69) is 0 Å². The molecule has 0 amide bonds. The van der Waals surface area contributed by atoms with Crippen LogP contribution in [-0.4, -0.2) is 0 Å².